The van der Waals surface area contributed by atoms with Gasteiger partial charge in [0.1, 0.15) is 5.56 Å². The topological polar surface area (TPSA) is 108 Å². The first kappa shape index (κ1) is 16.4. The number of aromatic nitrogens is 2. The van der Waals surface area contributed by atoms with E-state index in [1.807, 2.05) is 0 Å². The van der Waals surface area contributed by atoms with Crippen molar-refractivity contribution in [2.75, 3.05) is 0 Å². The Morgan fingerprint density at radius 2 is 2.22 bits per heavy atom. The van der Waals surface area contributed by atoms with E-state index in [9.17, 15) is 14.7 Å². The molecule has 0 aliphatic carbocycles. The molecule has 1 aromatic carbocycles. The van der Waals surface area contributed by atoms with Gasteiger partial charge in [-0.25, -0.2) is 4.79 Å². The van der Waals surface area contributed by atoms with Gasteiger partial charge in [-0.15, -0.1) is 6.58 Å². The molecule has 0 aliphatic heterocycles. The highest BCUT2D eigenvalue weighted by atomic mass is 32.1. The summed E-state index contributed by atoms with van der Waals surface area (Å²) in [6.45, 7) is 3.77. The van der Waals surface area contributed by atoms with E-state index < -0.39 is 11.5 Å². The fourth-order valence-corrected chi connectivity index (χ4v) is 2.10. The van der Waals surface area contributed by atoms with Crippen molar-refractivity contribution in [2.45, 2.75) is 6.54 Å². The minimum absolute atomic E-state index is 0.0671. The number of aromatic carboxylic acids is 1. The lowest BCUT2D eigenvalue weighted by atomic mass is 10.2. The number of aliphatic imine (C=N–C) groups is 1. The van der Waals surface area contributed by atoms with Gasteiger partial charge in [0.15, 0.2) is 4.77 Å². The van der Waals surface area contributed by atoms with Gasteiger partial charge in [-0.2, -0.15) is 0 Å². The number of benzene rings is 1. The summed E-state index contributed by atoms with van der Waals surface area (Å²) >= 11 is 4.97. The monoisotopic (exact) mass is 331 g/mol. The average molecular weight is 331 g/mol. The van der Waals surface area contributed by atoms with E-state index in [-0.39, 0.29) is 28.3 Å². The molecule has 2 aromatic rings. The maximum absolute atomic E-state index is 11.9. The smallest absolute Gasteiger partial charge is 0.335 e. The molecule has 0 amide bonds. The third kappa shape index (κ3) is 3.61. The van der Waals surface area contributed by atoms with Crippen LogP contribution in [0.4, 0.5) is 5.69 Å². The van der Waals surface area contributed by atoms with E-state index in [1.54, 1.807) is 6.07 Å². The molecule has 23 heavy (non-hydrogen) atoms. The lowest BCUT2D eigenvalue weighted by Crippen LogP contribution is -2.18. The van der Waals surface area contributed by atoms with Crippen molar-refractivity contribution < 1.29 is 15.0 Å². The highest BCUT2D eigenvalue weighted by Gasteiger charge is 2.10. The minimum Gasteiger partial charge on any atom is -0.494 e. The third-order valence-electron chi connectivity index (χ3n) is 2.95. The van der Waals surface area contributed by atoms with Gasteiger partial charge in [0, 0.05) is 12.8 Å². The van der Waals surface area contributed by atoms with Gasteiger partial charge in [0.25, 0.3) is 5.56 Å². The van der Waals surface area contributed by atoms with Gasteiger partial charge in [-0.3, -0.25) is 19.3 Å². The minimum atomic E-state index is -1.08. The van der Waals surface area contributed by atoms with E-state index in [0.717, 1.165) is 6.21 Å². The molecule has 7 nitrogen and oxygen atoms in total. The van der Waals surface area contributed by atoms with Crippen molar-refractivity contribution in [3.8, 4) is 5.88 Å². The molecule has 118 valence electrons. The van der Waals surface area contributed by atoms with Crippen LogP contribution < -0.4 is 5.56 Å². The number of H-pyrrole nitrogens is 1. The zero-order chi connectivity index (χ0) is 17.0. The molecule has 1 heterocycles. The lowest BCUT2D eigenvalue weighted by molar-refractivity contribution is 0.0697. The molecule has 0 radical (unpaired) electrons. The fourth-order valence-electron chi connectivity index (χ4n) is 1.85. The molecule has 0 aliphatic rings. The van der Waals surface area contributed by atoms with Crippen LogP contribution in [0.1, 0.15) is 15.9 Å². The van der Waals surface area contributed by atoms with Crippen molar-refractivity contribution in [2.24, 2.45) is 4.99 Å². The molecule has 8 heteroatoms. The van der Waals surface area contributed by atoms with Gasteiger partial charge in [0.2, 0.25) is 5.88 Å². The second kappa shape index (κ2) is 6.84. The Morgan fingerprint density at radius 3 is 2.87 bits per heavy atom. The van der Waals surface area contributed by atoms with E-state index >= 15 is 0 Å². The van der Waals surface area contributed by atoms with Crippen LogP contribution in [0.25, 0.3) is 0 Å². The Bertz CT molecular complexity index is 912. The Kier molecular flexibility index (Phi) is 4.87. The number of aromatic hydroxyl groups is 1. The Morgan fingerprint density at radius 1 is 1.48 bits per heavy atom. The maximum Gasteiger partial charge on any atom is 0.335 e. The SMILES string of the molecule is C=CCn1c(O)c(C=Nc2cccc(C(=O)O)c2)c(=O)[nH]c1=S. The molecule has 2 rings (SSSR count). The zero-order valence-electron chi connectivity index (χ0n) is 11.9. The van der Waals surface area contributed by atoms with E-state index in [4.69, 9.17) is 17.3 Å². The molecule has 0 saturated heterocycles. The third-order valence-corrected chi connectivity index (χ3v) is 3.28. The predicted molar refractivity (Wildman–Crippen MR) is 88.4 cm³/mol. The number of nitrogens with zero attached hydrogens (tertiary/aromatic N) is 2. The number of nitrogens with one attached hydrogen (secondary N) is 1. The number of hydrogen-bond acceptors (Lipinski definition) is 5. The summed E-state index contributed by atoms with van der Waals surface area (Å²) in [6, 6.07) is 5.89. The van der Waals surface area contributed by atoms with Crippen LogP contribution in [0.5, 0.6) is 5.88 Å². The van der Waals surface area contributed by atoms with E-state index in [2.05, 4.69) is 16.6 Å². The molecular weight excluding hydrogens is 318 g/mol. The molecule has 0 bridgehead atoms. The van der Waals surface area contributed by atoms with E-state index in [1.165, 1.54) is 28.8 Å². The zero-order valence-corrected chi connectivity index (χ0v) is 12.7. The van der Waals surface area contributed by atoms with Gasteiger partial charge in [-0.1, -0.05) is 12.1 Å². The van der Waals surface area contributed by atoms with E-state index in [0.29, 0.717) is 5.69 Å². The van der Waals surface area contributed by atoms with Gasteiger partial charge in [0.05, 0.1) is 11.3 Å². The number of hydrogen-bond donors (Lipinski definition) is 3. The average Bonchev–Trinajstić information content (AvgIpc) is 2.51. The van der Waals surface area contributed by atoms with Crippen LogP contribution in [0.15, 0.2) is 46.7 Å². The number of aromatic amines is 1. The summed E-state index contributed by atoms with van der Waals surface area (Å²) in [5.41, 5.74) is -0.269. The number of carboxylic acids is 1. The quantitative estimate of drug-likeness (QED) is 0.442. The van der Waals surface area contributed by atoms with Crippen LogP contribution in [0.2, 0.25) is 0 Å². The maximum atomic E-state index is 11.9. The largest absolute Gasteiger partial charge is 0.494 e. The molecule has 3 N–H and O–H groups in total. The summed E-state index contributed by atoms with van der Waals surface area (Å²) in [4.78, 5) is 29.3. The highest BCUT2D eigenvalue weighted by Crippen LogP contribution is 2.16. The van der Waals surface area contributed by atoms with Crippen molar-refractivity contribution in [1.29, 1.82) is 0 Å². The first-order valence-corrected chi connectivity index (χ1v) is 6.89. The van der Waals surface area contributed by atoms with Crippen LogP contribution in [0.3, 0.4) is 0 Å². The normalized spacial score (nSPS) is 10.8. The Balaban J connectivity index is 2.47. The summed E-state index contributed by atoms with van der Waals surface area (Å²) in [5.74, 6) is -1.42. The molecule has 1 aromatic heterocycles. The number of carboxylic acid groups (broad SMARTS) is 1. The number of allylic oxidation sites excluding steroid dienone is 1. The highest BCUT2D eigenvalue weighted by molar-refractivity contribution is 7.71. The number of carbonyl (C=O) groups is 1. The van der Waals surface area contributed by atoms with Gasteiger partial charge in [-0.05, 0) is 30.4 Å². The van der Waals surface area contributed by atoms with Crippen LogP contribution in [-0.2, 0) is 6.54 Å². The molecule has 0 unspecified atom stereocenters. The second-order valence-electron chi connectivity index (χ2n) is 4.51. The number of rotatable bonds is 5. The molecule has 0 fully saturated rings. The summed E-state index contributed by atoms with van der Waals surface area (Å²) in [7, 11) is 0. The van der Waals surface area contributed by atoms with Gasteiger partial charge >= 0.3 is 5.97 Å². The molecular formula is C15H13N3O4S. The lowest BCUT2D eigenvalue weighted by Gasteiger charge is -2.08. The Labute approximate surface area is 135 Å². The molecule has 0 saturated carbocycles. The second-order valence-corrected chi connectivity index (χ2v) is 4.90. The van der Waals surface area contributed by atoms with Gasteiger partial charge < -0.3 is 10.2 Å². The molecule has 0 atom stereocenters. The summed E-state index contributed by atoms with van der Waals surface area (Å²) in [5, 5.41) is 19.1. The predicted octanol–water partition coefficient (Wildman–Crippen LogP) is 2.25. The fraction of sp³-hybridized carbons (Fsp3) is 0.0667. The van der Waals surface area contributed by atoms with Crippen molar-refractivity contribution >= 4 is 30.1 Å². The summed E-state index contributed by atoms with van der Waals surface area (Å²) < 4.78 is 1.36. The van der Waals surface area contributed by atoms with Crippen LogP contribution in [-0.4, -0.2) is 31.9 Å². The van der Waals surface area contributed by atoms with Crippen LogP contribution in [0, 0.1) is 4.77 Å². The summed E-state index contributed by atoms with van der Waals surface area (Å²) in [6.07, 6.45) is 2.68. The first-order chi connectivity index (χ1) is 10.9. The molecule has 0 spiro atoms. The van der Waals surface area contributed by atoms with Crippen LogP contribution >= 0.6 is 12.2 Å². The van der Waals surface area contributed by atoms with Crippen molar-refractivity contribution in [3.63, 3.8) is 0 Å². The van der Waals surface area contributed by atoms with Crippen molar-refractivity contribution in [3.05, 3.63) is 63.2 Å². The van der Waals surface area contributed by atoms with Crippen molar-refractivity contribution in [1.82, 2.24) is 9.55 Å². The standard InChI is InChI=1S/C15H13N3O4S/c1-2-6-18-13(20)11(12(19)17-15(18)23)8-16-10-5-3-4-9(7-10)14(21)22/h2-5,7-8,20H,1,6H2,(H,21,22)(H,17,19,23). The Hall–Kier alpha value is -3.00. The first-order valence-electron chi connectivity index (χ1n) is 6.48.